The zero-order valence-electron chi connectivity index (χ0n) is 7.43. The Labute approximate surface area is 92.7 Å². The quantitative estimate of drug-likeness (QED) is 0.776. The molecular weight excluding hydrogens is 219 g/mol. The van der Waals surface area contributed by atoms with Crippen LogP contribution >= 0.6 is 23.2 Å². The van der Waals surface area contributed by atoms with Crippen LogP contribution in [-0.2, 0) is 0 Å². The molecule has 1 aliphatic rings. The number of hydrogen-bond acceptors (Lipinski definition) is 2. The molecule has 0 aromatic heterocycles. The highest BCUT2D eigenvalue weighted by Gasteiger charge is 2.17. The summed E-state index contributed by atoms with van der Waals surface area (Å²) in [5.74, 6) is 0.959. The second-order valence-electron chi connectivity index (χ2n) is 3.28. The molecule has 74 valence electrons. The molecule has 0 spiro atoms. The average Bonchev–Trinajstić information content (AvgIpc) is 2.51. The molecule has 0 bridgehead atoms. The van der Waals surface area contributed by atoms with Crippen molar-refractivity contribution in [3.63, 3.8) is 0 Å². The Morgan fingerprint density at radius 2 is 2.14 bits per heavy atom. The van der Waals surface area contributed by atoms with Crippen molar-refractivity contribution in [3.8, 4) is 0 Å². The molecule has 3 N–H and O–H groups in total. The molecule has 1 aromatic rings. The van der Waals surface area contributed by atoms with Crippen molar-refractivity contribution < 1.29 is 0 Å². The summed E-state index contributed by atoms with van der Waals surface area (Å²) in [6.45, 7) is 0.799. The van der Waals surface area contributed by atoms with Crippen LogP contribution < -0.4 is 11.1 Å². The van der Waals surface area contributed by atoms with E-state index in [4.69, 9.17) is 28.9 Å². The highest BCUT2D eigenvalue weighted by Crippen LogP contribution is 2.29. The molecular formula is C10H10Cl2N2. The molecule has 0 unspecified atom stereocenters. The van der Waals surface area contributed by atoms with Gasteiger partial charge in [-0.15, -0.1) is 0 Å². The molecule has 0 aliphatic carbocycles. The van der Waals surface area contributed by atoms with Crippen LogP contribution in [0, 0.1) is 0 Å². The van der Waals surface area contributed by atoms with E-state index in [0.717, 1.165) is 12.1 Å². The molecule has 0 saturated heterocycles. The minimum absolute atomic E-state index is 0.250. The van der Waals surface area contributed by atoms with Crippen molar-refractivity contribution >= 4 is 23.2 Å². The zero-order chi connectivity index (χ0) is 10.1. The predicted octanol–water partition coefficient (Wildman–Crippen LogP) is 2.48. The molecule has 1 heterocycles. The molecule has 0 saturated carbocycles. The van der Waals surface area contributed by atoms with Gasteiger partial charge in [0, 0.05) is 22.5 Å². The fourth-order valence-electron chi connectivity index (χ4n) is 1.56. The van der Waals surface area contributed by atoms with E-state index < -0.39 is 0 Å². The van der Waals surface area contributed by atoms with E-state index in [1.165, 1.54) is 0 Å². The lowest BCUT2D eigenvalue weighted by molar-refractivity contribution is 0.791. The lowest BCUT2D eigenvalue weighted by Crippen LogP contribution is -2.16. The smallest absolute Gasteiger partial charge is 0.0926 e. The van der Waals surface area contributed by atoms with Gasteiger partial charge in [-0.1, -0.05) is 29.3 Å². The van der Waals surface area contributed by atoms with E-state index in [1.807, 2.05) is 18.2 Å². The third-order valence-corrected chi connectivity index (χ3v) is 2.83. The third kappa shape index (κ3) is 1.81. The van der Waals surface area contributed by atoms with E-state index in [-0.39, 0.29) is 5.92 Å². The minimum Gasteiger partial charge on any atom is -0.386 e. The van der Waals surface area contributed by atoms with Gasteiger partial charge >= 0.3 is 0 Å². The van der Waals surface area contributed by atoms with Crippen LogP contribution in [0.2, 0.25) is 10.0 Å². The Kier molecular flexibility index (Phi) is 2.57. The first kappa shape index (κ1) is 9.69. The van der Waals surface area contributed by atoms with Gasteiger partial charge in [-0.3, -0.25) is 0 Å². The molecule has 2 nitrogen and oxygen atoms in total. The van der Waals surface area contributed by atoms with Crippen molar-refractivity contribution in [2.45, 2.75) is 5.92 Å². The van der Waals surface area contributed by atoms with Gasteiger partial charge in [0.2, 0.25) is 0 Å². The van der Waals surface area contributed by atoms with Gasteiger partial charge in [0.1, 0.15) is 0 Å². The second kappa shape index (κ2) is 3.71. The summed E-state index contributed by atoms with van der Waals surface area (Å²) in [7, 11) is 0. The summed E-state index contributed by atoms with van der Waals surface area (Å²) in [4.78, 5) is 0. The lowest BCUT2D eigenvalue weighted by Gasteiger charge is -2.09. The van der Waals surface area contributed by atoms with Crippen LogP contribution in [0.1, 0.15) is 11.5 Å². The number of halogens is 2. The van der Waals surface area contributed by atoms with Gasteiger partial charge in [0.05, 0.1) is 5.82 Å². The topological polar surface area (TPSA) is 38.0 Å². The normalized spacial score (nSPS) is 20.4. The van der Waals surface area contributed by atoms with Crippen LogP contribution in [0.25, 0.3) is 0 Å². The summed E-state index contributed by atoms with van der Waals surface area (Å²) in [5.41, 5.74) is 6.68. The summed E-state index contributed by atoms with van der Waals surface area (Å²) >= 11 is 11.9. The Balaban J connectivity index is 2.33. The molecule has 1 atom stereocenters. The maximum atomic E-state index is 6.07. The molecule has 1 aromatic carbocycles. The highest BCUT2D eigenvalue weighted by molar-refractivity contribution is 6.35. The summed E-state index contributed by atoms with van der Waals surface area (Å²) in [5, 5.41) is 4.40. The first-order valence-electron chi connectivity index (χ1n) is 4.33. The minimum atomic E-state index is 0.250. The number of rotatable bonds is 1. The van der Waals surface area contributed by atoms with Crippen LogP contribution in [0.4, 0.5) is 0 Å². The first-order chi connectivity index (χ1) is 6.66. The van der Waals surface area contributed by atoms with E-state index >= 15 is 0 Å². The van der Waals surface area contributed by atoms with Crippen molar-refractivity contribution in [2.24, 2.45) is 5.73 Å². The van der Waals surface area contributed by atoms with Gasteiger partial charge in [-0.05, 0) is 23.8 Å². The SMILES string of the molecule is NC1=C[C@@H](c2ccc(Cl)cc2Cl)CN1. The molecule has 2 rings (SSSR count). The first-order valence-corrected chi connectivity index (χ1v) is 5.08. The fourth-order valence-corrected chi connectivity index (χ4v) is 2.11. The maximum Gasteiger partial charge on any atom is 0.0926 e. The second-order valence-corrected chi connectivity index (χ2v) is 4.12. The van der Waals surface area contributed by atoms with Crippen molar-refractivity contribution in [3.05, 3.63) is 45.7 Å². The van der Waals surface area contributed by atoms with Gasteiger partial charge in [0.25, 0.3) is 0 Å². The summed E-state index contributed by atoms with van der Waals surface area (Å²) in [6.07, 6.45) is 1.97. The van der Waals surface area contributed by atoms with Crippen molar-refractivity contribution in [1.82, 2.24) is 5.32 Å². The van der Waals surface area contributed by atoms with Crippen LogP contribution in [0.3, 0.4) is 0 Å². The average molecular weight is 229 g/mol. The number of hydrogen-bond donors (Lipinski definition) is 2. The Hall–Kier alpha value is -0.860. The van der Waals surface area contributed by atoms with Crippen molar-refractivity contribution in [2.75, 3.05) is 6.54 Å². The molecule has 1 aliphatic heterocycles. The molecule has 14 heavy (non-hydrogen) atoms. The van der Waals surface area contributed by atoms with Crippen LogP contribution in [0.15, 0.2) is 30.1 Å². The highest BCUT2D eigenvalue weighted by atomic mass is 35.5. The summed E-state index contributed by atoms with van der Waals surface area (Å²) in [6, 6.07) is 5.53. The standard InChI is InChI=1S/C10H10Cl2N2/c11-7-1-2-8(9(12)4-7)6-3-10(13)14-5-6/h1-4,6,14H,5,13H2/t6-/m1/s1. The Morgan fingerprint density at radius 1 is 1.36 bits per heavy atom. The zero-order valence-corrected chi connectivity index (χ0v) is 8.94. The van der Waals surface area contributed by atoms with Gasteiger partial charge in [-0.2, -0.15) is 0 Å². The maximum absolute atomic E-state index is 6.07. The third-order valence-electron chi connectivity index (χ3n) is 2.27. The molecule has 0 amide bonds. The monoisotopic (exact) mass is 228 g/mol. The molecule has 0 radical (unpaired) electrons. The van der Waals surface area contributed by atoms with Crippen LogP contribution in [0.5, 0.6) is 0 Å². The predicted molar refractivity (Wildman–Crippen MR) is 59.5 cm³/mol. The van der Waals surface area contributed by atoms with Crippen LogP contribution in [-0.4, -0.2) is 6.54 Å². The number of benzene rings is 1. The van der Waals surface area contributed by atoms with E-state index in [1.54, 1.807) is 6.07 Å². The van der Waals surface area contributed by atoms with Gasteiger partial charge in [0.15, 0.2) is 0 Å². The van der Waals surface area contributed by atoms with E-state index in [2.05, 4.69) is 5.32 Å². The summed E-state index contributed by atoms with van der Waals surface area (Å²) < 4.78 is 0. The van der Waals surface area contributed by atoms with Gasteiger partial charge < -0.3 is 11.1 Å². The fraction of sp³-hybridized carbons (Fsp3) is 0.200. The largest absolute Gasteiger partial charge is 0.386 e. The Morgan fingerprint density at radius 3 is 2.71 bits per heavy atom. The van der Waals surface area contributed by atoms with E-state index in [0.29, 0.717) is 15.9 Å². The van der Waals surface area contributed by atoms with E-state index in [9.17, 15) is 0 Å². The Bertz CT molecular complexity index is 388. The molecule has 4 heteroatoms. The van der Waals surface area contributed by atoms with Gasteiger partial charge in [-0.25, -0.2) is 0 Å². The van der Waals surface area contributed by atoms with Crippen molar-refractivity contribution in [1.29, 1.82) is 0 Å². The number of nitrogens with two attached hydrogens (primary N) is 1. The molecule has 0 fully saturated rings. The number of nitrogens with one attached hydrogen (secondary N) is 1. The lowest BCUT2D eigenvalue weighted by atomic mass is 10.0.